The number of nitrogens with two attached hydrogens (primary N) is 1. The van der Waals surface area contributed by atoms with Gasteiger partial charge < -0.3 is 10.3 Å². The Morgan fingerprint density at radius 2 is 2.05 bits per heavy atom. The summed E-state index contributed by atoms with van der Waals surface area (Å²) in [5, 5.41) is 0. The van der Waals surface area contributed by atoms with Crippen molar-refractivity contribution in [2.45, 2.75) is 45.3 Å². The van der Waals surface area contributed by atoms with Crippen molar-refractivity contribution in [1.29, 1.82) is 0 Å². The number of anilines is 1. The van der Waals surface area contributed by atoms with Gasteiger partial charge in [-0.15, -0.1) is 0 Å². The van der Waals surface area contributed by atoms with Crippen molar-refractivity contribution < 1.29 is 13.2 Å². The molecular weight excluding hydrogens is 267 g/mol. The third-order valence-electron chi connectivity index (χ3n) is 3.46. The minimum absolute atomic E-state index is 0.122. The van der Waals surface area contributed by atoms with Gasteiger partial charge in [-0.3, -0.25) is 0 Å². The molecule has 1 aromatic carbocycles. The lowest BCUT2D eigenvalue weighted by atomic mass is 10.1. The highest BCUT2D eigenvalue weighted by molar-refractivity contribution is 5.79. The number of nitrogens with zero attached hydrogens (tertiary/aromatic N) is 2. The molecule has 1 aromatic heterocycles. The summed E-state index contributed by atoms with van der Waals surface area (Å²) in [4.78, 5) is 4.06. The van der Waals surface area contributed by atoms with Crippen LogP contribution in [0.2, 0.25) is 0 Å². The molecule has 0 bridgehead atoms. The van der Waals surface area contributed by atoms with Gasteiger partial charge in [-0.1, -0.05) is 19.8 Å². The van der Waals surface area contributed by atoms with Crippen LogP contribution in [0.1, 0.15) is 44.7 Å². The highest BCUT2D eigenvalue weighted by Crippen LogP contribution is 2.33. The molecular formula is C14H18F3N3. The van der Waals surface area contributed by atoms with Crippen molar-refractivity contribution in [2.24, 2.45) is 0 Å². The molecule has 0 saturated heterocycles. The van der Waals surface area contributed by atoms with E-state index in [1.807, 2.05) is 11.5 Å². The Labute approximate surface area is 115 Å². The lowest BCUT2D eigenvalue weighted by molar-refractivity contribution is -0.137. The number of rotatable bonds is 4. The normalized spacial score (nSPS) is 13.8. The number of fused-ring (bicyclic) bond motifs is 1. The van der Waals surface area contributed by atoms with E-state index in [0.29, 0.717) is 11.0 Å². The molecule has 1 atom stereocenters. The first-order chi connectivity index (χ1) is 9.34. The fourth-order valence-corrected chi connectivity index (χ4v) is 2.39. The highest BCUT2D eigenvalue weighted by Gasteiger charge is 2.31. The molecule has 20 heavy (non-hydrogen) atoms. The van der Waals surface area contributed by atoms with Gasteiger partial charge in [-0.25, -0.2) is 4.98 Å². The molecule has 0 amide bonds. The molecule has 0 saturated carbocycles. The number of halogens is 3. The van der Waals surface area contributed by atoms with E-state index in [1.165, 1.54) is 6.07 Å². The Bertz CT molecular complexity index is 601. The Morgan fingerprint density at radius 3 is 2.65 bits per heavy atom. The minimum atomic E-state index is -4.36. The summed E-state index contributed by atoms with van der Waals surface area (Å²) in [6.45, 7) is 4.10. The molecule has 3 nitrogen and oxygen atoms in total. The first kappa shape index (κ1) is 14.7. The number of hydrogen-bond acceptors (Lipinski definition) is 2. The van der Waals surface area contributed by atoms with Crippen molar-refractivity contribution in [3.8, 4) is 0 Å². The van der Waals surface area contributed by atoms with Crippen LogP contribution in [0, 0.1) is 0 Å². The summed E-state index contributed by atoms with van der Waals surface area (Å²) in [5.41, 5.74) is 6.10. The molecule has 0 aliphatic heterocycles. The Kier molecular flexibility index (Phi) is 3.92. The van der Waals surface area contributed by atoms with Gasteiger partial charge in [-0.05, 0) is 31.5 Å². The molecule has 0 aliphatic rings. The smallest absolute Gasteiger partial charge is 0.369 e. The van der Waals surface area contributed by atoms with E-state index in [4.69, 9.17) is 5.73 Å². The van der Waals surface area contributed by atoms with Gasteiger partial charge in [0.25, 0.3) is 0 Å². The van der Waals surface area contributed by atoms with E-state index in [2.05, 4.69) is 11.9 Å². The van der Waals surface area contributed by atoms with E-state index in [9.17, 15) is 13.2 Å². The van der Waals surface area contributed by atoms with Gasteiger partial charge in [0.15, 0.2) is 0 Å². The molecule has 0 spiro atoms. The molecule has 110 valence electrons. The lowest BCUT2D eigenvalue weighted by Crippen LogP contribution is -2.09. The summed E-state index contributed by atoms with van der Waals surface area (Å²) in [6.07, 6.45) is -1.33. The van der Waals surface area contributed by atoms with Crippen LogP contribution in [0.3, 0.4) is 0 Å². The van der Waals surface area contributed by atoms with E-state index in [0.717, 1.165) is 31.4 Å². The van der Waals surface area contributed by atoms with Crippen LogP contribution in [-0.4, -0.2) is 9.55 Å². The fourth-order valence-electron chi connectivity index (χ4n) is 2.39. The van der Waals surface area contributed by atoms with Crippen LogP contribution in [0.5, 0.6) is 0 Å². The first-order valence-corrected chi connectivity index (χ1v) is 6.69. The first-order valence-electron chi connectivity index (χ1n) is 6.69. The molecule has 2 rings (SSSR count). The van der Waals surface area contributed by atoms with E-state index < -0.39 is 11.7 Å². The number of hydrogen-bond donors (Lipinski definition) is 1. The van der Waals surface area contributed by atoms with Gasteiger partial charge in [0, 0.05) is 6.04 Å². The standard InChI is InChI=1S/C14H18F3N3/c1-3-4-5-9(2)20-12-7-6-10(14(15,16)17)8-11(12)19-13(20)18/h6-9H,3-5H2,1-2H3,(H2,18,19). The molecule has 0 aliphatic carbocycles. The van der Waals surface area contributed by atoms with E-state index in [1.54, 1.807) is 0 Å². The quantitative estimate of drug-likeness (QED) is 0.905. The second-order valence-electron chi connectivity index (χ2n) is 5.03. The SMILES string of the molecule is CCCCC(C)n1c(N)nc2cc(C(F)(F)F)ccc21. The van der Waals surface area contributed by atoms with Crippen molar-refractivity contribution in [3.05, 3.63) is 23.8 Å². The molecule has 1 heterocycles. The number of aromatic nitrogens is 2. The van der Waals surface area contributed by atoms with Crippen LogP contribution in [0.4, 0.5) is 19.1 Å². The largest absolute Gasteiger partial charge is 0.416 e. The van der Waals surface area contributed by atoms with Crippen LogP contribution in [0.25, 0.3) is 11.0 Å². The summed E-state index contributed by atoms with van der Waals surface area (Å²) >= 11 is 0. The maximum atomic E-state index is 12.7. The maximum absolute atomic E-state index is 12.7. The molecule has 0 fully saturated rings. The Hall–Kier alpha value is -1.72. The number of nitrogen functional groups attached to an aromatic ring is 1. The van der Waals surface area contributed by atoms with E-state index >= 15 is 0 Å². The molecule has 2 aromatic rings. The van der Waals surface area contributed by atoms with Gasteiger partial charge in [-0.2, -0.15) is 13.2 Å². The van der Waals surface area contributed by atoms with Crippen LogP contribution in [0.15, 0.2) is 18.2 Å². The topological polar surface area (TPSA) is 43.8 Å². The number of unbranched alkanes of at least 4 members (excludes halogenated alkanes) is 1. The van der Waals surface area contributed by atoms with Gasteiger partial charge in [0.1, 0.15) is 0 Å². The number of benzene rings is 1. The minimum Gasteiger partial charge on any atom is -0.369 e. The number of imidazole rings is 1. The predicted molar refractivity (Wildman–Crippen MR) is 73.4 cm³/mol. The van der Waals surface area contributed by atoms with Crippen LogP contribution < -0.4 is 5.73 Å². The highest BCUT2D eigenvalue weighted by atomic mass is 19.4. The number of alkyl halides is 3. The average Bonchev–Trinajstić information content (AvgIpc) is 2.69. The van der Waals surface area contributed by atoms with Crippen molar-refractivity contribution in [1.82, 2.24) is 9.55 Å². The lowest BCUT2D eigenvalue weighted by Gasteiger charge is -2.15. The fraction of sp³-hybridized carbons (Fsp3) is 0.500. The Morgan fingerprint density at radius 1 is 1.35 bits per heavy atom. The maximum Gasteiger partial charge on any atom is 0.416 e. The van der Waals surface area contributed by atoms with Crippen molar-refractivity contribution in [2.75, 3.05) is 5.73 Å². The zero-order valence-corrected chi connectivity index (χ0v) is 11.5. The predicted octanol–water partition coefficient (Wildman–Crippen LogP) is 4.39. The third kappa shape index (κ3) is 2.73. The third-order valence-corrected chi connectivity index (χ3v) is 3.46. The van der Waals surface area contributed by atoms with Gasteiger partial charge >= 0.3 is 6.18 Å². The molecule has 0 radical (unpaired) electrons. The van der Waals surface area contributed by atoms with Crippen molar-refractivity contribution in [3.63, 3.8) is 0 Å². The van der Waals surface area contributed by atoms with Crippen LogP contribution >= 0.6 is 0 Å². The average molecular weight is 285 g/mol. The molecule has 6 heteroatoms. The van der Waals surface area contributed by atoms with Crippen LogP contribution in [-0.2, 0) is 6.18 Å². The van der Waals surface area contributed by atoms with Crippen molar-refractivity contribution >= 4 is 17.0 Å². The molecule has 1 unspecified atom stereocenters. The van der Waals surface area contributed by atoms with E-state index in [-0.39, 0.29) is 12.0 Å². The zero-order valence-electron chi connectivity index (χ0n) is 11.5. The monoisotopic (exact) mass is 285 g/mol. The zero-order chi connectivity index (χ0) is 14.9. The summed E-state index contributed by atoms with van der Waals surface area (Å²) in [5.74, 6) is 0.267. The summed E-state index contributed by atoms with van der Waals surface area (Å²) in [7, 11) is 0. The second-order valence-corrected chi connectivity index (χ2v) is 5.03. The van der Waals surface area contributed by atoms with Gasteiger partial charge in [0.2, 0.25) is 5.95 Å². The Balaban J connectivity index is 2.45. The summed E-state index contributed by atoms with van der Waals surface area (Å²) in [6, 6.07) is 3.70. The molecule has 2 N–H and O–H groups in total. The summed E-state index contributed by atoms with van der Waals surface area (Å²) < 4.78 is 39.9. The van der Waals surface area contributed by atoms with Gasteiger partial charge in [0.05, 0.1) is 16.6 Å². The second kappa shape index (κ2) is 5.34.